The predicted molar refractivity (Wildman–Crippen MR) is 105 cm³/mol. The summed E-state index contributed by atoms with van der Waals surface area (Å²) in [4.78, 5) is 5.08. The number of rotatable bonds is 5. The molecule has 0 N–H and O–H groups in total. The van der Waals surface area contributed by atoms with Crippen LogP contribution in [-0.4, -0.2) is 60.5 Å². The molecule has 4 heterocycles. The number of aromatic nitrogens is 5. The molecule has 0 unspecified atom stereocenters. The van der Waals surface area contributed by atoms with Crippen molar-refractivity contribution in [2.45, 2.75) is 58.0 Å². The summed E-state index contributed by atoms with van der Waals surface area (Å²) < 4.78 is 4.23. The van der Waals surface area contributed by atoms with Crippen molar-refractivity contribution in [3.8, 4) is 0 Å². The first kappa shape index (κ1) is 18.6. The fourth-order valence-electron chi connectivity index (χ4n) is 4.54. The van der Waals surface area contributed by atoms with Crippen LogP contribution in [0.2, 0.25) is 0 Å². The molecule has 2 aliphatic rings. The largest absolute Gasteiger partial charge is 0.317 e. The van der Waals surface area contributed by atoms with Crippen molar-refractivity contribution in [1.29, 1.82) is 0 Å². The summed E-state index contributed by atoms with van der Waals surface area (Å²) in [6.07, 6.45) is 8.44. The van der Waals surface area contributed by atoms with E-state index in [1.165, 1.54) is 56.5 Å². The van der Waals surface area contributed by atoms with E-state index >= 15 is 0 Å². The molecule has 2 aromatic heterocycles. The van der Waals surface area contributed by atoms with E-state index in [0.29, 0.717) is 5.92 Å². The number of likely N-dealkylation sites (tertiary alicyclic amines) is 2. The maximum atomic E-state index is 4.61. The van der Waals surface area contributed by atoms with E-state index in [1.54, 1.807) is 0 Å². The normalized spacial score (nSPS) is 22.4. The van der Waals surface area contributed by atoms with Crippen LogP contribution < -0.4 is 0 Å². The zero-order valence-corrected chi connectivity index (χ0v) is 17.1. The Morgan fingerprint density at radius 1 is 0.963 bits per heavy atom. The van der Waals surface area contributed by atoms with Crippen molar-refractivity contribution < 1.29 is 0 Å². The SMILES string of the molecule is Cc1c(CN2CCC[C@@H](c3nnc(CN4CCCCC4)n3C)C2)cnn1C. The summed E-state index contributed by atoms with van der Waals surface area (Å²) in [6, 6.07) is 0. The Morgan fingerprint density at radius 3 is 2.48 bits per heavy atom. The highest BCUT2D eigenvalue weighted by Crippen LogP contribution is 2.27. The molecule has 7 nitrogen and oxygen atoms in total. The monoisotopic (exact) mass is 371 g/mol. The molecular weight excluding hydrogens is 338 g/mol. The Bertz CT molecular complexity index is 756. The molecule has 148 valence electrons. The Kier molecular flexibility index (Phi) is 5.59. The zero-order chi connectivity index (χ0) is 18.8. The third-order valence-corrected chi connectivity index (χ3v) is 6.41. The average Bonchev–Trinajstić information content (AvgIpc) is 3.20. The average molecular weight is 372 g/mol. The van der Waals surface area contributed by atoms with Gasteiger partial charge in [0.05, 0.1) is 12.7 Å². The van der Waals surface area contributed by atoms with E-state index in [9.17, 15) is 0 Å². The number of nitrogens with zero attached hydrogens (tertiary/aromatic N) is 7. The molecule has 0 aromatic carbocycles. The second kappa shape index (κ2) is 8.10. The fourth-order valence-corrected chi connectivity index (χ4v) is 4.54. The van der Waals surface area contributed by atoms with Gasteiger partial charge < -0.3 is 4.57 Å². The Balaban J connectivity index is 1.41. The Labute approximate surface area is 162 Å². The van der Waals surface area contributed by atoms with Crippen molar-refractivity contribution in [3.63, 3.8) is 0 Å². The molecule has 2 aromatic rings. The van der Waals surface area contributed by atoms with Crippen molar-refractivity contribution in [3.05, 3.63) is 29.1 Å². The van der Waals surface area contributed by atoms with Crippen LogP contribution in [0.5, 0.6) is 0 Å². The molecule has 0 amide bonds. The van der Waals surface area contributed by atoms with E-state index in [4.69, 9.17) is 0 Å². The van der Waals surface area contributed by atoms with Crippen LogP contribution >= 0.6 is 0 Å². The number of hydrogen-bond donors (Lipinski definition) is 0. The molecule has 2 fully saturated rings. The first-order chi connectivity index (χ1) is 13.1. The van der Waals surface area contributed by atoms with Gasteiger partial charge >= 0.3 is 0 Å². The third kappa shape index (κ3) is 4.09. The molecule has 7 heteroatoms. The summed E-state index contributed by atoms with van der Waals surface area (Å²) in [6.45, 7) is 8.68. The van der Waals surface area contributed by atoms with Gasteiger partial charge in [-0.1, -0.05) is 6.42 Å². The number of piperidine rings is 2. The van der Waals surface area contributed by atoms with Gasteiger partial charge in [0, 0.05) is 44.4 Å². The molecule has 2 aliphatic heterocycles. The maximum Gasteiger partial charge on any atom is 0.146 e. The molecule has 0 radical (unpaired) electrons. The van der Waals surface area contributed by atoms with E-state index in [2.05, 4.69) is 43.6 Å². The first-order valence-corrected chi connectivity index (χ1v) is 10.4. The summed E-state index contributed by atoms with van der Waals surface area (Å²) >= 11 is 0. The fraction of sp³-hybridized carbons (Fsp3) is 0.750. The van der Waals surface area contributed by atoms with Gasteiger partial charge in [-0.3, -0.25) is 14.5 Å². The minimum atomic E-state index is 0.475. The third-order valence-electron chi connectivity index (χ3n) is 6.41. The van der Waals surface area contributed by atoms with Gasteiger partial charge in [-0.2, -0.15) is 5.10 Å². The molecule has 1 atom stereocenters. The lowest BCUT2D eigenvalue weighted by Crippen LogP contribution is -2.35. The Morgan fingerprint density at radius 2 is 1.74 bits per heavy atom. The van der Waals surface area contributed by atoms with Gasteiger partial charge in [-0.25, -0.2) is 0 Å². The van der Waals surface area contributed by atoms with Gasteiger partial charge in [0.1, 0.15) is 11.6 Å². The van der Waals surface area contributed by atoms with E-state index < -0.39 is 0 Å². The van der Waals surface area contributed by atoms with Crippen LogP contribution in [-0.2, 0) is 27.2 Å². The highest BCUT2D eigenvalue weighted by molar-refractivity contribution is 5.16. The summed E-state index contributed by atoms with van der Waals surface area (Å²) in [7, 11) is 4.17. The topological polar surface area (TPSA) is 55.0 Å². The summed E-state index contributed by atoms with van der Waals surface area (Å²) in [5, 5.41) is 13.6. The van der Waals surface area contributed by atoms with Crippen molar-refractivity contribution in [1.82, 2.24) is 34.3 Å². The molecule has 27 heavy (non-hydrogen) atoms. The summed E-state index contributed by atoms with van der Waals surface area (Å²) in [5.41, 5.74) is 2.60. The Hall–Kier alpha value is -1.73. The van der Waals surface area contributed by atoms with Gasteiger partial charge in [-0.05, 0) is 52.2 Å². The molecule has 0 bridgehead atoms. The lowest BCUT2D eigenvalue weighted by Gasteiger charge is -2.32. The van der Waals surface area contributed by atoms with Crippen LogP contribution in [0.25, 0.3) is 0 Å². The van der Waals surface area contributed by atoms with E-state index in [-0.39, 0.29) is 0 Å². The van der Waals surface area contributed by atoms with Crippen LogP contribution in [0.3, 0.4) is 0 Å². The second-order valence-electron chi connectivity index (χ2n) is 8.32. The molecule has 0 spiro atoms. The quantitative estimate of drug-likeness (QED) is 0.807. The highest BCUT2D eigenvalue weighted by atomic mass is 15.3. The second-order valence-corrected chi connectivity index (χ2v) is 8.32. The van der Waals surface area contributed by atoms with Crippen molar-refractivity contribution >= 4 is 0 Å². The lowest BCUT2D eigenvalue weighted by atomic mass is 9.96. The zero-order valence-electron chi connectivity index (χ0n) is 17.1. The summed E-state index contributed by atoms with van der Waals surface area (Å²) in [5.74, 6) is 2.75. The van der Waals surface area contributed by atoms with Gasteiger partial charge in [-0.15, -0.1) is 10.2 Å². The first-order valence-electron chi connectivity index (χ1n) is 10.4. The molecular formula is C20H33N7. The lowest BCUT2D eigenvalue weighted by molar-refractivity contribution is 0.193. The minimum Gasteiger partial charge on any atom is -0.317 e. The highest BCUT2D eigenvalue weighted by Gasteiger charge is 2.27. The standard InChI is InChI=1S/C20H33N7/c1-16-18(12-21-25(16)3)14-27-11-7-8-17(13-27)20-23-22-19(24(20)2)15-26-9-5-4-6-10-26/h12,17H,4-11,13-15H2,1-3H3/t17-/m1/s1. The van der Waals surface area contributed by atoms with Crippen LogP contribution in [0.4, 0.5) is 0 Å². The van der Waals surface area contributed by atoms with Gasteiger partial charge in [0.25, 0.3) is 0 Å². The van der Waals surface area contributed by atoms with Crippen LogP contribution in [0, 0.1) is 6.92 Å². The minimum absolute atomic E-state index is 0.475. The van der Waals surface area contributed by atoms with Crippen LogP contribution in [0.15, 0.2) is 6.20 Å². The number of aryl methyl sites for hydroxylation is 1. The van der Waals surface area contributed by atoms with Gasteiger partial charge in [0.15, 0.2) is 0 Å². The number of hydrogen-bond acceptors (Lipinski definition) is 5. The molecule has 0 saturated carbocycles. The van der Waals surface area contributed by atoms with Crippen molar-refractivity contribution in [2.75, 3.05) is 26.2 Å². The molecule has 2 saturated heterocycles. The predicted octanol–water partition coefficient (Wildman–Crippen LogP) is 2.22. The van der Waals surface area contributed by atoms with E-state index in [1.807, 2.05) is 17.9 Å². The van der Waals surface area contributed by atoms with E-state index in [0.717, 1.165) is 37.8 Å². The van der Waals surface area contributed by atoms with Crippen LogP contribution in [0.1, 0.15) is 60.9 Å². The molecule has 0 aliphatic carbocycles. The maximum absolute atomic E-state index is 4.61. The molecule has 4 rings (SSSR count). The van der Waals surface area contributed by atoms with Crippen molar-refractivity contribution in [2.24, 2.45) is 14.1 Å². The smallest absolute Gasteiger partial charge is 0.146 e. The van der Waals surface area contributed by atoms with Gasteiger partial charge in [0.2, 0.25) is 0 Å².